The Balaban J connectivity index is 1.67. The highest BCUT2D eigenvalue weighted by atomic mass is 16.4. The summed E-state index contributed by atoms with van der Waals surface area (Å²) < 4.78 is 6.00. The number of aryl methyl sites for hydroxylation is 1. The van der Waals surface area contributed by atoms with Crippen LogP contribution in [0.2, 0.25) is 0 Å². The lowest BCUT2D eigenvalue weighted by Gasteiger charge is -2.07. The molecule has 0 bridgehead atoms. The highest BCUT2D eigenvalue weighted by Crippen LogP contribution is 2.31. The van der Waals surface area contributed by atoms with Crippen LogP contribution in [0.1, 0.15) is 25.3 Å². The number of nitrogens with two attached hydrogens (primary N) is 1. The van der Waals surface area contributed by atoms with Crippen LogP contribution < -0.4 is 5.73 Å². The van der Waals surface area contributed by atoms with Crippen molar-refractivity contribution in [3.8, 4) is 22.8 Å². The molecule has 0 spiro atoms. The van der Waals surface area contributed by atoms with E-state index in [2.05, 4.69) is 43.1 Å². The number of rotatable bonds is 5. The van der Waals surface area contributed by atoms with Crippen molar-refractivity contribution in [3.05, 3.63) is 78.0 Å². The third kappa shape index (κ3) is 3.67. The smallest absolute Gasteiger partial charge is 0.226 e. The standard InChI is InChI=1S/C24H23N3O/c1-3-21(17-6-4-5-7-17)27-22-14-19(9-8-16(22)2)24-26-15-23(28-24)18-10-12-20(25)13-11-18/h4,6-15H,3,5,25H2,1-2H3. The fourth-order valence-corrected chi connectivity index (χ4v) is 3.22. The lowest BCUT2D eigenvalue weighted by atomic mass is 10.1. The second-order valence-electron chi connectivity index (χ2n) is 6.86. The van der Waals surface area contributed by atoms with E-state index in [1.807, 2.05) is 36.4 Å². The van der Waals surface area contributed by atoms with Crippen molar-refractivity contribution in [1.29, 1.82) is 0 Å². The molecule has 2 N–H and O–H groups in total. The minimum atomic E-state index is 0.585. The van der Waals surface area contributed by atoms with Crippen LogP contribution in [0.5, 0.6) is 0 Å². The summed E-state index contributed by atoms with van der Waals surface area (Å²) in [5, 5.41) is 0. The van der Waals surface area contributed by atoms with Gasteiger partial charge in [0.1, 0.15) is 0 Å². The number of nitrogens with zero attached hydrogens (tertiary/aromatic N) is 2. The van der Waals surface area contributed by atoms with Gasteiger partial charge >= 0.3 is 0 Å². The number of aliphatic imine (C=N–C) groups is 1. The van der Waals surface area contributed by atoms with Crippen molar-refractivity contribution in [2.75, 3.05) is 5.73 Å². The summed E-state index contributed by atoms with van der Waals surface area (Å²) in [6.07, 6.45) is 10.1. The molecular weight excluding hydrogens is 346 g/mol. The first-order chi connectivity index (χ1) is 13.6. The van der Waals surface area contributed by atoms with Crippen LogP contribution in [0, 0.1) is 6.92 Å². The third-order valence-electron chi connectivity index (χ3n) is 4.85. The molecule has 0 unspecified atom stereocenters. The number of allylic oxidation sites excluding steroid dienone is 4. The molecule has 0 saturated carbocycles. The van der Waals surface area contributed by atoms with Gasteiger partial charge in [0, 0.05) is 22.5 Å². The molecule has 4 heteroatoms. The highest BCUT2D eigenvalue weighted by Gasteiger charge is 2.11. The van der Waals surface area contributed by atoms with Gasteiger partial charge in [0.2, 0.25) is 5.89 Å². The lowest BCUT2D eigenvalue weighted by molar-refractivity contribution is 0.589. The maximum atomic E-state index is 6.00. The molecule has 1 aromatic heterocycles. The monoisotopic (exact) mass is 369 g/mol. The molecule has 0 fully saturated rings. The number of oxazole rings is 1. The molecule has 3 aromatic rings. The summed E-state index contributed by atoms with van der Waals surface area (Å²) in [6, 6.07) is 13.7. The molecule has 0 radical (unpaired) electrons. The molecule has 2 aromatic carbocycles. The average molecular weight is 369 g/mol. The molecular formula is C24H23N3O. The normalized spacial score (nSPS) is 13.8. The van der Waals surface area contributed by atoms with Gasteiger partial charge in [-0.1, -0.05) is 31.2 Å². The molecule has 4 nitrogen and oxygen atoms in total. The van der Waals surface area contributed by atoms with Crippen molar-refractivity contribution in [3.63, 3.8) is 0 Å². The van der Waals surface area contributed by atoms with Crippen molar-refractivity contribution in [2.24, 2.45) is 4.99 Å². The zero-order chi connectivity index (χ0) is 19.5. The first kappa shape index (κ1) is 18.0. The molecule has 1 aliphatic rings. The largest absolute Gasteiger partial charge is 0.436 e. The summed E-state index contributed by atoms with van der Waals surface area (Å²) in [4.78, 5) is 9.40. The molecule has 28 heavy (non-hydrogen) atoms. The van der Waals surface area contributed by atoms with Gasteiger partial charge in [-0.3, -0.25) is 4.99 Å². The molecule has 140 valence electrons. The Kier molecular flexibility index (Phi) is 4.94. The number of hydrogen-bond acceptors (Lipinski definition) is 4. The number of aromatic nitrogens is 1. The predicted octanol–water partition coefficient (Wildman–Crippen LogP) is 6.27. The quantitative estimate of drug-likeness (QED) is 0.426. The van der Waals surface area contributed by atoms with E-state index in [-0.39, 0.29) is 0 Å². The molecule has 0 aliphatic heterocycles. The van der Waals surface area contributed by atoms with Crippen LogP contribution in [0.25, 0.3) is 22.8 Å². The Morgan fingerprint density at radius 3 is 2.64 bits per heavy atom. The second-order valence-corrected chi connectivity index (χ2v) is 6.86. The Morgan fingerprint density at radius 1 is 1.14 bits per heavy atom. The molecule has 0 amide bonds. The van der Waals surface area contributed by atoms with Gasteiger partial charge in [0.25, 0.3) is 0 Å². The van der Waals surface area contributed by atoms with Gasteiger partial charge in [-0.05, 0) is 67.3 Å². The molecule has 0 atom stereocenters. The van der Waals surface area contributed by atoms with Crippen LogP contribution in [0.4, 0.5) is 11.4 Å². The molecule has 1 aliphatic carbocycles. The Morgan fingerprint density at radius 2 is 1.93 bits per heavy atom. The van der Waals surface area contributed by atoms with Gasteiger partial charge < -0.3 is 10.2 Å². The zero-order valence-electron chi connectivity index (χ0n) is 16.1. The van der Waals surface area contributed by atoms with Crippen LogP contribution in [-0.4, -0.2) is 10.7 Å². The van der Waals surface area contributed by atoms with Gasteiger partial charge in [0.15, 0.2) is 5.76 Å². The first-order valence-electron chi connectivity index (χ1n) is 9.51. The number of hydrogen-bond donors (Lipinski definition) is 1. The van der Waals surface area contributed by atoms with Crippen LogP contribution in [0.3, 0.4) is 0 Å². The lowest BCUT2D eigenvalue weighted by Crippen LogP contribution is -1.97. The van der Waals surface area contributed by atoms with Gasteiger partial charge in [-0.15, -0.1) is 0 Å². The van der Waals surface area contributed by atoms with Crippen molar-refractivity contribution < 1.29 is 4.42 Å². The van der Waals surface area contributed by atoms with Gasteiger partial charge in [0.05, 0.1) is 11.9 Å². The van der Waals surface area contributed by atoms with Crippen molar-refractivity contribution in [2.45, 2.75) is 26.7 Å². The maximum absolute atomic E-state index is 6.00. The number of nitrogen functional groups attached to an aromatic ring is 1. The SMILES string of the molecule is CCC(=Nc1cc(-c2ncc(-c3ccc(N)cc3)o2)ccc1C)C1=CCC=C1. The fraction of sp³-hybridized carbons (Fsp3) is 0.167. The second kappa shape index (κ2) is 7.69. The number of anilines is 1. The van der Waals surface area contributed by atoms with Crippen LogP contribution in [0.15, 0.2) is 81.9 Å². The highest BCUT2D eigenvalue weighted by molar-refractivity contribution is 6.04. The van der Waals surface area contributed by atoms with Crippen LogP contribution in [-0.2, 0) is 0 Å². The van der Waals surface area contributed by atoms with Crippen molar-refractivity contribution >= 4 is 17.1 Å². The van der Waals surface area contributed by atoms with Crippen LogP contribution >= 0.6 is 0 Å². The van der Waals surface area contributed by atoms with E-state index in [1.54, 1.807) is 6.20 Å². The predicted molar refractivity (Wildman–Crippen MR) is 116 cm³/mol. The van der Waals surface area contributed by atoms with E-state index in [0.29, 0.717) is 5.89 Å². The van der Waals surface area contributed by atoms with Gasteiger partial charge in [-0.2, -0.15) is 0 Å². The Hall–Kier alpha value is -3.40. The molecule has 4 rings (SSSR count). The summed E-state index contributed by atoms with van der Waals surface area (Å²) in [6.45, 7) is 4.21. The summed E-state index contributed by atoms with van der Waals surface area (Å²) in [5.41, 5.74) is 12.7. The Labute approximate surface area is 165 Å². The van der Waals surface area contributed by atoms with E-state index in [0.717, 1.165) is 52.4 Å². The fourth-order valence-electron chi connectivity index (χ4n) is 3.22. The van der Waals surface area contributed by atoms with E-state index >= 15 is 0 Å². The summed E-state index contributed by atoms with van der Waals surface area (Å²) >= 11 is 0. The van der Waals surface area contributed by atoms with Crippen molar-refractivity contribution in [1.82, 2.24) is 4.98 Å². The van der Waals surface area contributed by atoms with E-state index in [9.17, 15) is 0 Å². The zero-order valence-corrected chi connectivity index (χ0v) is 16.1. The van der Waals surface area contributed by atoms with E-state index in [1.165, 1.54) is 5.57 Å². The molecule has 1 heterocycles. The van der Waals surface area contributed by atoms with E-state index < -0.39 is 0 Å². The minimum absolute atomic E-state index is 0.585. The topological polar surface area (TPSA) is 64.4 Å². The summed E-state index contributed by atoms with van der Waals surface area (Å²) in [5.74, 6) is 1.30. The average Bonchev–Trinajstić information content (AvgIpc) is 3.40. The van der Waals surface area contributed by atoms with Gasteiger partial charge in [-0.25, -0.2) is 4.98 Å². The van der Waals surface area contributed by atoms with E-state index in [4.69, 9.17) is 15.1 Å². The third-order valence-corrected chi connectivity index (χ3v) is 4.85. The maximum Gasteiger partial charge on any atom is 0.226 e. The minimum Gasteiger partial charge on any atom is -0.436 e. The molecule has 0 saturated heterocycles. The number of benzene rings is 2. The Bertz CT molecular complexity index is 1090. The summed E-state index contributed by atoms with van der Waals surface area (Å²) in [7, 11) is 0. The first-order valence-corrected chi connectivity index (χ1v) is 9.51.